The normalized spacial score (nSPS) is 17.9. The smallest absolute Gasteiger partial charge is 0.352 e. The van der Waals surface area contributed by atoms with Gasteiger partial charge >= 0.3 is 11.9 Å². The summed E-state index contributed by atoms with van der Waals surface area (Å²) >= 11 is 0. The molecule has 1 aliphatic heterocycles. The molecule has 2 amide bonds. The Kier molecular flexibility index (Phi) is 11.0. The number of carboxylic acid groups (broad SMARTS) is 1. The van der Waals surface area contributed by atoms with Crippen LogP contribution < -0.4 is 15.8 Å². The molecule has 1 aromatic heterocycles. The van der Waals surface area contributed by atoms with E-state index in [1.165, 1.54) is 0 Å². The average Bonchev–Trinajstić information content (AvgIpc) is 3.73. The van der Waals surface area contributed by atoms with Crippen molar-refractivity contribution in [3.05, 3.63) is 82.5 Å². The van der Waals surface area contributed by atoms with Gasteiger partial charge in [0.2, 0.25) is 11.4 Å². The Hall–Kier alpha value is -4.54. The van der Waals surface area contributed by atoms with E-state index >= 15 is 0 Å². The summed E-state index contributed by atoms with van der Waals surface area (Å²) in [5.41, 5.74) is 7.84. The number of nitrogens with one attached hydrogen (secondary N) is 1. The third-order valence-electron chi connectivity index (χ3n) is 8.82. The summed E-state index contributed by atoms with van der Waals surface area (Å²) in [6.07, 6.45) is 3.63. The van der Waals surface area contributed by atoms with E-state index in [4.69, 9.17) is 10.3 Å². The Bertz CT molecular complexity index is 1680. The number of carboxylic acids is 1. The first-order chi connectivity index (χ1) is 22.8. The third-order valence-corrected chi connectivity index (χ3v) is 8.82. The van der Waals surface area contributed by atoms with Gasteiger partial charge in [-0.25, -0.2) is 0 Å². The summed E-state index contributed by atoms with van der Waals surface area (Å²) < 4.78 is 5.39. The van der Waals surface area contributed by atoms with Crippen LogP contribution in [0.1, 0.15) is 126 Å². The number of hydrogen-bond acceptors (Lipinski definition) is 8. The first kappa shape index (κ1) is 37.3. The highest BCUT2D eigenvalue weighted by molar-refractivity contribution is 6.02. The van der Waals surface area contributed by atoms with Crippen molar-refractivity contribution in [1.29, 1.82) is 0 Å². The lowest BCUT2D eigenvalue weighted by molar-refractivity contribution is -0.540. The van der Waals surface area contributed by atoms with Crippen LogP contribution in [0.3, 0.4) is 0 Å². The molecule has 49 heavy (non-hydrogen) atoms. The summed E-state index contributed by atoms with van der Waals surface area (Å²) in [6, 6.07) is 15.7. The van der Waals surface area contributed by atoms with E-state index in [0.29, 0.717) is 41.5 Å². The van der Waals surface area contributed by atoms with Gasteiger partial charge in [-0.05, 0) is 54.2 Å². The molecule has 1 saturated carbocycles. The van der Waals surface area contributed by atoms with Crippen LogP contribution in [-0.2, 0) is 33.6 Å². The molecule has 1 aliphatic carbocycles. The number of carbonyl (C=O) groups excluding carboxylic acids is 3. The predicted octanol–water partition coefficient (Wildman–Crippen LogP) is 3.37. The summed E-state index contributed by atoms with van der Waals surface area (Å²) in [5.74, 6) is 1.02. The Morgan fingerprint density at radius 3 is 2.29 bits per heavy atom. The van der Waals surface area contributed by atoms with E-state index in [9.17, 15) is 19.5 Å². The number of carbonyl (C=O) groups is 3. The van der Waals surface area contributed by atoms with Crippen LogP contribution in [-0.4, -0.2) is 50.7 Å². The minimum absolute atomic E-state index is 0.0830. The Morgan fingerprint density at radius 1 is 1.10 bits per heavy atom. The van der Waals surface area contributed by atoms with Crippen LogP contribution in [0.4, 0.5) is 0 Å². The van der Waals surface area contributed by atoms with E-state index in [2.05, 4.69) is 49.8 Å². The molecule has 2 aromatic carbocycles. The lowest BCUT2D eigenvalue weighted by Crippen LogP contribution is -2.85. The van der Waals surface area contributed by atoms with Crippen LogP contribution >= 0.6 is 0 Å². The number of hydrogen-bond donors (Lipinski definition) is 2. The predicted molar refractivity (Wildman–Crippen MR) is 185 cm³/mol. The molecular weight excluding hydrogens is 620 g/mol. The molecule has 0 bridgehead atoms. The van der Waals surface area contributed by atoms with Crippen LogP contribution in [0.25, 0.3) is 0 Å². The lowest BCUT2D eigenvalue weighted by Gasteiger charge is -2.26. The van der Waals surface area contributed by atoms with Crippen molar-refractivity contribution < 1.29 is 29.0 Å². The number of nitrogens with zero attached hydrogens (tertiary/aromatic N) is 4. The van der Waals surface area contributed by atoms with Crippen molar-refractivity contribution in [2.24, 2.45) is 17.1 Å². The van der Waals surface area contributed by atoms with Crippen molar-refractivity contribution in [3.63, 3.8) is 0 Å². The zero-order valence-electron chi connectivity index (χ0n) is 30.4. The number of rotatable bonds is 10. The van der Waals surface area contributed by atoms with Crippen molar-refractivity contribution >= 4 is 23.7 Å². The molecule has 1 fully saturated rings. The Balaban J connectivity index is 0.000000698. The minimum Gasteiger partial charge on any atom is -0.550 e. The van der Waals surface area contributed by atoms with Gasteiger partial charge in [-0.1, -0.05) is 103 Å². The molecule has 0 spiro atoms. The van der Waals surface area contributed by atoms with Crippen molar-refractivity contribution in [1.82, 2.24) is 19.9 Å². The molecule has 5 rings (SSSR count). The molecule has 11 heteroatoms. The summed E-state index contributed by atoms with van der Waals surface area (Å²) in [6.45, 7) is 15.9. The van der Waals surface area contributed by atoms with Gasteiger partial charge in [-0.15, -0.1) is 0 Å². The SMILES string of the molecule is CC(C)(C)C(=O)[O-].CC(C)CC[C@]1(c2ccccc2)[NH+]=C(N)N(Cc2ccc(C(C)(C)C)c(C(=O)N(C)Cc3noc(C4CC4)n3)c2)C1=O. The maximum Gasteiger partial charge on any atom is 0.352 e. The maximum atomic E-state index is 14.1. The van der Waals surface area contributed by atoms with Gasteiger partial charge in [-0.2, -0.15) is 9.88 Å². The van der Waals surface area contributed by atoms with Gasteiger partial charge in [0, 0.05) is 35.5 Å². The molecule has 0 radical (unpaired) electrons. The number of aliphatic carboxylic acids is 1. The number of guanidine groups is 1. The van der Waals surface area contributed by atoms with Crippen LogP contribution in [0.5, 0.6) is 0 Å². The van der Waals surface area contributed by atoms with Crippen molar-refractivity contribution in [2.45, 2.75) is 111 Å². The number of nitrogens with two attached hydrogens (primary N) is 1. The van der Waals surface area contributed by atoms with E-state index in [0.717, 1.165) is 36.0 Å². The fraction of sp³-hybridized carbons (Fsp3) is 0.526. The largest absolute Gasteiger partial charge is 0.550 e. The van der Waals surface area contributed by atoms with E-state index < -0.39 is 16.9 Å². The molecule has 2 heterocycles. The van der Waals surface area contributed by atoms with Gasteiger partial charge in [0.25, 0.3) is 5.91 Å². The van der Waals surface area contributed by atoms with E-state index in [-0.39, 0.29) is 30.3 Å². The van der Waals surface area contributed by atoms with Crippen LogP contribution in [0, 0.1) is 11.3 Å². The summed E-state index contributed by atoms with van der Waals surface area (Å²) in [4.78, 5) is 49.0. The first-order valence-electron chi connectivity index (χ1n) is 17.0. The Labute approximate surface area is 290 Å². The Morgan fingerprint density at radius 2 is 1.73 bits per heavy atom. The minimum atomic E-state index is -1.01. The number of amides is 2. The standard InChI is InChI=1S/C33H42N6O3.C5H10O2/c1-21(2)16-17-33(24-10-8-7-9-11-24)30(41)39(31(34)36-33)19-22-12-15-26(32(3,4)5)25(18-22)29(40)38(6)20-27-35-28(42-37-27)23-13-14-23;1-5(2,3)4(6)7/h7-12,15,18,21,23H,13-14,16-17,19-20H2,1-6H3,(H2,34,36);1-3H3,(H,6,7)/t33-;/m1./s1. The monoisotopic (exact) mass is 672 g/mol. The summed E-state index contributed by atoms with van der Waals surface area (Å²) in [7, 11) is 1.75. The second kappa shape index (κ2) is 14.5. The molecule has 1 atom stereocenters. The molecule has 0 saturated heterocycles. The quantitative estimate of drug-likeness (QED) is 0.332. The van der Waals surface area contributed by atoms with E-state index in [1.807, 2.05) is 48.5 Å². The van der Waals surface area contributed by atoms with Crippen molar-refractivity contribution in [2.75, 3.05) is 7.05 Å². The number of aromatic nitrogens is 2. The lowest BCUT2D eigenvalue weighted by atomic mass is 9.82. The van der Waals surface area contributed by atoms with Gasteiger partial charge < -0.3 is 19.3 Å². The zero-order valence-corrected chi connectivity index (χ0v) is 30.4. The van der Waals surface area contributed by atoms with Crippen LogP contribution in [0.2, 0.25) is 0 Å². The van der Waals surface area contributed by atoms with Gasteiger partial charge in [0.05, 0.1) is 6.54 Å². The van der Waals surface area contributed by atoms with Gasteiger partial charge in [0.1, 0.15) is 6.54 Å². The maximum absolute atomic E-state index is 14.1. The molecule has 3 N–H and O–H groups in total. The van der Waals surface area contributed by atoms with Crippen LogP contribution in [0.15, 0.2) is 53.1 Å². The fourth-order valence-electron chi connectivity index (χ4n) is 5.59. The average molecular weight is 673 g/mol. The molecule has 2 aliphatic rings. The number of benzene rings is 2. The molecule has 0 unspecified atom stereocenters. The third kappa shape index (κ3) is 8.93. The molecular formula is C38H52N6O5. The highest BCUT2D eigenvalue weighted by Gasteiger charge is 2.53. The first-order valence-corrected chi connectivity index (χ1v) is 17.0. The van der Waals surface area contributed by atoms with E-state index in [1.54, 1.807) is 37.6 Å². The van der Waals surface area contributed by atoms with Crippen molar-refractivity contribution in [3.8, 4) is 0 Å². The topological polar surface area (TPSA) is 160 Å². The fourth-order valence-corrected chi connectivity index (χ4v) is 5.59. The summed E-state index contributed by atoms with van der Waals surface area (Å²) in [5, 5.41) is 14.0. The molecule has 3 aromatic rings. The van der Waals surface area contributed by atoms with Gasteiger partial charge in [0.15, 0.2) is 5.82 Å². The highest BCUT2D eigenvalue weighted by atomic mass is 16.5. The second-order valence-corrected chi connectivity index (χ2v) is 15.8. The zero-order chi connectivity index (χ0) is 36.3. The molecule has 264 valence electrons. The second-order valence-electron chi connectivity index (χ2n) is 15.8. The molecule has 11 nitrogen and oxygen atoms in total. The van der Waals surface area contributed by atoms with Gasteiger partial charge in [-0.3, -0.25) is 20.3 Å². The highest BCUT2D eigenvalue weighted by Crippen LogP contribution is 2.39.